The molecule has 0 saturated heterocycles. The Labute approximate surface area is 144 Å². The number of rotatable bonds is 9. The summed E-state index contributed by atoms with van der Waals surface area (Å²) < 4.78 is 36.1. The lowest BCUT2D eigenvalue weighted by Crippen LogP contribution is -2.13. The number of hydrogen-bond acceptors (Lipinski definition) is 0. The number of unbranched alkanes of at least 4 members (excludes halogenated alkanes) is 5. The SMILES string of the molecule is FC(F)(F)CCCCCCCC[C@H]1CC[C@H](c2ccccc2)CC1. The van der Waals surface area contributed by atoms with Gasteiger partial charge in [0, 0.05) is 6.42 Å². The first-order chi connectivity index (χ1) is 11.5. The smallest absolute Gasteiger partial charge is 0.171 e. The Morgan fingerprint density at radius 3 is 1.96 bits per heavy atom. The van der Waals surface area contributed by atoms with Crippen LogP contribution in [0.25, 0.3) is 0 Å². The Hall–Kier alpha value is -0.990. The zero-order chi connectivity index (χ0) is 17.3. The molecule has 0 aliphatic heterocycles. The van der Waals surface area contributed by atoms with Crippen LogP contribution in [-0.2, 0) is 0 Å². The molecule has 1 aliphatic carbocycles. The van der Waals surface area contributed by atoms with E-state index in [2.05, 4.69) is 30.3 Å². The minimum Gasteiger partial charge on any atom is -0.171 e. The molecule has 0 amide bonds. The van der Waals surface area contributed by atoms with Gasteiger partial charge >= 0.3 is 6.18 Å². The Morgan fingerprint density at radius 2 is 1.33 bits per heavy atom. The highest BCUT2D eigenvalue weighted by Crippen LogP contribution is 2.37. The number of halogens is 3. The molecule has 0 nitrogen and oxygen atoms in total. The topological polar surface area (TPSA) is 0 Å². The normalized spacial score (nSPS) is 21.8. The maximum Gasteiger partial charge on any atom is 0.389 e. The molecule has 1 aliphatic rings. The van der Waals surface area contributed by atoms with Crippen LogP contribution in [0.4, 0.5) is 13.2 Å². The van der Waals surface area contributed by atoms with Crippen LogP contribution in [0.5, 0.6) is 0 Å². The molecule has 0 spiro atoms. The van der Waals surface area contributed by atoms with Gasteiger partial charge in [-0.1, -0.05) is 68.9 Å². The summed E-state index contributed by atoms with van der Waals surface area (Å²) in [6, 6.07) is 10.9. The van der Waals surface area contributed by atoms with Crippen molar-refractivity contribution in [3.8, 4) is 0 Å². The Bertz CT molecular complexity index is 430. The van der Waals surface area contributed by atoms with Crippen molar-refractivity contribution < 1.29 is 13.2 Å². The molecule has 3 heteroatoms. The van der Waals surface area contributed by atoms with Crippen molar-refractivity contribution in [1.29, 1.82) is 0 Å². The summed E-state index contributed by atoms with van der Waals surface area (Å²) in [5, 5.41) is 0. The van der Waals surface area contributed by atoms with E-state index >= 15 is 0 Å². The predicted molar refractivity (Wildman–Crippen MR) is 94.1 cm³/mol. The first-order valence-corrected chi connectivity index (χ1v) is 9.66. The molecule has 0 bridgehead atoms. The highest BCUT2D eigenvalue weighted by molar-refractivity contribution is 5.19. The van der Waals surface area contributed by atoms with E-state index in [1.165, 1.54) is 50.5 Å². The van der Waals surface area contributed by atoms with Crippen LogP contribution >= 0.6 is 0 Å². The molecule has 0 atom stereocenters. The minimum absolute atomic E-state index is 0.299. The maximum atomic E-state index is 12.0. The molecule has 1 aromatic rings. The second-order valence-electron chi connectivity index (χ2n) is 7.40. The van der Waals surface area contributed by atoms with Gasteiger partial charge in [0.2, 0.25) is 0 Å². The third-order valence-electron chi connectivity index (χ3n) is 5.44. The summed E-state index contributed by atoms with van der Waals surface area (Å²) in [5.74, 6) is 1.62. The van der Waals surface area contributed by atoms with Crippen LogP contribution in [0.15, 0.2) is 30.3 Å². The molecule has 0 N–H and O–H groups in total. The molecule has 1 saturated carbocycles. The van der Waals surface area contributed by atoms with E-state index in [4.69, 9.17) is 0 Å². The summed E-state index contributed by atoms with van der Waals surface area (Å²) in [6.45, 7) is 0. The second-order valence-corrected chi connectivity index (χ2v) is 7.40. The van der Waals surface area contributed by atoms with Crippen molar-refractivity contribution >= 4 is 0 Å². The van der Waals surface area contributed by atoms with Crippen molar-refractivity contribution in [1.82, 2.24) is 0 Å². The number of benzene rings is 1. The summed E-state index contributed by atoms with van der Waals surface area (Å²) in [4.78, 5) is 0. The van der Waals surface area contributed by atoms with E-state index in [-0.39, 0.29) is 0 Å². The van der Waals surface area contributed by atoms with E-state index in [0.29, 0.717) is 6.42 Å². The van der Waals surface area contributed by atoms with Gasteiger partial charge < -0.3 is 0 Å². The minimum atomic E-state index is -3.97. The van der Waals surface area contributed by atoms with Gasteiger partial charge in [-0.25, -0.2) is 0 Å². The van der Waals surface area contributed by atoms with Gasteiger partial charge in [0.1, 0.15) is 0 Å². The van der Waals surface area contributed by atoms with Gasteiger partial charge in [0.25, 0.3) is 0 Å². The maximum absolute atomic E-state index is 12.0. The highest BCUT2D eigenvalue weighted by atomic mass is 19.4. The van der Waals surface area contributed by atoms with Crippen molar-refractivity contribution in [2.45, 2.75) is 89.1 Å². The van der Waals surface area contributed by atoms with Crippen LogP contribution in [-0.4, -0.2) is 6.18 Å². The molecule has 2 rings (SSSR count). The van der Waals surface area contributed by atoms with Crippen LogP contribution in [0.2, 0.25) is 0 Å². The summed E-state index contributed by atoms with van der Waals surface area (Å²) in [6.07, 6.45) is 7.53. The van der Waals surface area contributed by atoms with Gasteiger partial charge in [0.15, 0.2) is 0 Å². The second kappa shape index (κ2) is 10.1. The quantitative estimate of drug-likeness (QED) is 0.405. The zero-order valence-corrected chi connectivity index (χ0v) is 14.7. The van der Waals surface area contributed by atoms with E-state index in [1.807, 2.05) is 0 Å². The number of hydrogen-bond donors (Lipinski definition) is 0. The average Bonchev–Trinajstić information content (AvgIpc) is 2.58. The van der Waals surface area contributed by atoms with E-state index in [1.54, 1.807) is 0 Å². The summed E-state index contributed by atoms with van der Waals surface area (Å²) in [5.41, 5.74) is 1.50. The molecule has 0 heterocycles. The lowest BCUT2D eigenvalue weighted by Gasteiger charge is -2.28. The Balaban J connectivity index is 1.47. The third-order valence-corrected chi connectivity index (χ3v) is 5.44. The standard InChI is InChI=1S/C21H31F3/c22-21(23,24)17-9-4-2-1-3-6-10-18-13-15-20(16-14-18)19-11-7-5-8-12-19/h5,7-8,11-12,18,20H,1-4,6,9-10,13-17H2/t18-,20-. The first-order valence-electron chi connectivity index (χ1n) is 9.66. The van der Waals surface area contributed by atoms with Crippen LogP contribution in [0, 0.1) is 5.92 Å². The van der Waals surface area contributed by atoms with Crippen molar-refractivity contribution in [2.75, 3.05) is 0 Å². The van der Waals surface area contributed by atoms with E-state index in [0.717, 1.165) is 31.1 Å². The zero-order valence-electron chi connectivity index (χ0n) is 14.7. The summed E-state index contributed by atoms with van der Waals surface area (Å²) in [7, 11) is 0. The molecule has 1 aromatic carbocycles. The fraction of sp³-hybridized carbons (Fsp3) is 0.714. The Morgan fingerprint density at radius 1 is 0.750 bits per heavy atom. The van der Waals surface area contributed by atoms with Crippen molar-refractivity contribution in [3.63, 3.8) is 0 Å². The van der Waals surface area contributed by atoms with E-state index < -0.39 is 12.6 Å². The molecule has 0 aromatic heterocycles. The molecule has 0 radical (unpaired) electrons. The fourth-order valence-corrected chi connectivity index (χ4v) is 3.98. The van der Waals surface area contributed by atoms with Crippen molar-refractivity contribution in [2.24, 2.45) is 5.92 Å². The van der Waals surface area contributed by atoms with Gasteiger partial charge in [-0.05, 0) is 49.5 Å². The lowest BCUT2D eigenvalue weighted by molar-refractivity contribution is -0.135. The molecular weight excluding hydrogens is 309 g/mol. The molecule has 24 heavy (non-hydrogen) atoms. The fourth-order valence-electron chi connectivity index (χ4n) is 3.98. The molecular formula is C21H31F3. The predicted octanol–water partition coefficient (Wildman–Crippen LogP) is 7.64. The monoisotopic (exact) mass is 340 g/mol. The average molecular weight is 340 g/mol. The molecule has 136 valence electrons. The summed E-state index contributed by atoms with van der Waals surface area (Å²) >= 11 is 0. The van der Waals surface area contributed by atoms with E-state index in [9.17, 15) is 13.2 Å². The van der Waals surface area contributed by atoms with Gasteiger partial charge in [0.05, 0.1) is 0 Å². The van der Waals surface area contributed by atoms with Gasteiger partial charge in [-0.15, -0.1) is 0 Å². The highest BCUT2D eigenvalue weighted by Gasteiger charge is 2.25. The van der Waals surface area contributed by atoms with Crippen LogP contribution < -0.4 is 0 Å². The largest absolute Gasteiger partial charge is 0.389 e. The number of alkyl halides is 3. The van der Waals surface area contributed by atoms with Gasteiger partial charge in [-0.3, -0.25) is 0 Å². The Kier molecular flexibility index (Phi) is 8.14. The van der Waals surface area contributed by atoms with Crippen LogP contribution in [0.3, 0.4) is 0 Å². The van der Waals surface area contributed by atoms with Gasteiger partial charge in [-0.2, -0.15) is 13.2 Å². The molecule has 1 fully saturated rings. The van der Waals surface area contributed by atoms with Crippen molar-refractivity contribution in [3.05, 3.63) is 35.9 Å². The van der Waals surface area contributed by atoms with Crippen LogP contribution in [0.1, 0.15) is 88.5 Å². The first kappa shape index (κ1) is 19.3. The lowest BCUT2D eigenvalue weighted by atomic mass is 9.77. The molecule has 0 unspecified atom stereocenters. The third kappa shape index (κ3) is 7.72.